The van der Waals surface area contributed by atoms with Gasteiger partial charge < -0.3 is 10.4 Å². The number of H-pyrrole nitrogens is 1. The largest absolute Gasteiger partial charge is 0.480 e. The van der Waals surface area contributed by atoms with E-state index in [1.54, 1.807) is 24.3 Å². The predicted molar refractivity (Wildman–Crippen MR) is 59.6 cm³/mol. The van der Waals surface area contributed by atoms with E-state index in [2.05, 4.69) is 25.9 Å². The summed E-state index contributed by atoms with van der Waals surface area (Å²) in [5, 5.41) is 24.0. The molecule has 0 atom stereocenters. The van der Waals surface area contributed by atoms with E-state index in [1.165, 1.54) is 0 Å². The Balaban J connectivity index is 2.08. The number of aliphatic carboxylic acids is 1. The summed E-state index contributed by atoms with van der Waals surface area (Å²) in [6, 6.07) is 6.42. The summed E-state index contributed by atoms with van der Waals surface area (Å²) >= 11 is 0. The molecule has 0 unspecified atom stereocenters. The normalized spacial score (nSPS) is 10.0. The molecule has 8 heteroatoms. The maximum atomic E-state index is 11.5. The van der Waals surface area contributed by atoms with E-state index in [0.29, 0.717) is 17.0 Å². The number of nitrogens with zero attached hydrogens (tertiary/aromatic N) is 3. The van der Waals surface area contributed by atoms with Gasteiger partial charge in [0.1, 0.15) is 6.54 Å². The van der Waals surface area contributed by atoms with Gasteiger partial charge in [-0.3, -0.25) is 9.59 Å². The number of carboxylic acids is 1. The molecule has 2 rings (SSSR count). The smallest absolute Gasteiger partial charge is 0.322 e. The van der Waals surface area contributed by atoms with Crippen molar-refractivity contribution in [1.29, 1.82) is 0 Å². The summed E-state index contributed by atoms with van der Waals surface area (Å²) in [4.78, 5) is 21.8. The van der Waals surface area contributed by atoms with Crippen LogP contribution in [0.3, 0.4) is 0 Å². The van der Waals surface area contributed by atoms with Crippen LogP contribution in [-0.4, -0.2) is 44.2 Å². The van der Waals surface area contributed by atoms with Crippen molar-refractivity contribution in [2.24, 2.45) is 0 Å². The van der Waals surface area contributed by atoms with Gasteiger partial charge in [0.15, 0.2) is 0 Å². The fourth-order valence-corrected chi connectivity index (χ4v) is 1.31. The van der Waals surface area contributed by atoms with Gasteiger partial charge in [-0.2, -0.15) is 5.21 Å². The number of carboxylic acid groups (broad SMARTS) is 1. The second kappa shape index (κ2) is 5.04. The quantitative estimate of drug-likeness (QED) is 0.680. The summed E-state index contributed by atoms with van der Waals surface area (Å²) in [6.45, 7) is -0.411. The van der Waals surface area contributed by atoms with Crippen LogP contribution in [0, 0.1) is 0 Å². The van der Waals surface area contributed by atoms with Crippen molar-refractivity contribution in [3.05, 3.63) is 29.8 Å². The van der Waals surface area contributed by atoms with E-state index in [1.807, 2.05) is 0 Å². The molecule has 0 fully saturated rings. The second-order valence-corrected chi connectivity index (χ2v) is 3.39. The van der Waals surface area contributed by atoms with Crippen LogP contribution in [0.15, 0.2) is 24.3 Å². The highest BCUT2D eigenvalue weighted by molar-refractivity contribution is 5.96. The summed E-state index contributed by atoms with van der Waals surface area (Å²) < 4.78 is 0. The third-order valence-corrected chi connectivity index (χ3v) is 2.15. The Labute approximate surface area is 101 Å². The van der Waals surface area contributed by atoms with Gasteiger partial charge >= 0.3 is 5.97 Å². The molecule has 0 saturated carbocycles. The van der Waals surface area contributed by atoms with Gasteiger partial charge in [-0.25, -0.2) is 0 Å². The minimum Gasteiger partial charge on any atom is -0.480 e. The van der Waals surface area contributed by atoms with Gasteiger partial charge in [0.25, 0.3) is 5.91 Å². The zero-order chi connectivity index (χ0) is 13.0. The molecule has 1 aromatic carbocycles. The van der Waals surface area contributed by atoms with E-state index in [-0.39, 0.29) is 0 Å². The Hall–Kier alpha value is -2.77. The molecule has 3 N–H and O–H groups in total. The highest BCUT2D eigenvalue weighted by Crippen LogP contribution is 2.13. The highest BCUT2D eigenvalue weighted by Gasteiger charge is 2.08. The Morgan fingerprint density at radius 2 is 2.00 bits per heavy atom. The Kier molecular flexibility index (Phi) is 3.28. The zero-order valence-corrected chi connectivity index (χ0v) is 9.12. The van der Waals surface area contributed by atoms with Crippen molar-refractivity contribution < 1.29 is 14.7 Å². The van der Waals surface area contributed by atoms with Crippen molar-refractivity contribution in [1.82, 2.24) is 25.9 Å². The molecule has 2 aromatic rings. The Morgan fingerprint density at radius 3 is 2.56 bits per heavy atom. The van der Waals surface area contributed by atoms with Gasteiger partial charge in [0.05, 0.1) is 0 Å². The third-order valence-electron chi connectivity index (χ3n) is 2.15. The average molecular weight is 247 g/mol. The fraction of sp³-hybridized carbons (Fsp3) is 0.100. The van der Waals surface area contributed by atoms with Crippen molar-refractivity contribution in [2.75, 3.05) is 6.54 Å². The Morgan fingerprint density at radius 1 is 1.28 bits per heavy atom. The molecule has 92 valence electrons. The van der Waals surface area contributed by atoms with Crippen molar-refractivity contribution in [3.63, 3.8) is 0 Å². The highest BCUT2D eigenvalue weighted by atomic mass is 16.4. The van der Waals surface area contributed by atoms with Crippen molar-refractivity contribution >= 4 is 11.9 Å². The van der Waals surface area contributed by atoms with Crippen LogP contribution in [0.4, 0.5) is 0 Å². The van der Waals surface area contributed by atoms with E-state index in [4.69, 9.17) is 5.11 Å². The first-order chi connectivity index (χ1) is 8.66. The van der Waals surface area contributed by atoms with Crippen molar-refractivity contribution in [3.8, 4) is 11.4 Å². The number of amides is 1. The number of aromatic nitrogens is 4. The number of aromatic amines is 1. The molecule has 1 aromatic heterocycles. The van der Waals surface area contributed by atoms with Crippen molar-refractivity contribution in [2.45, 2.75) is 0 Å². The molecule has 0 aliphatic heterocycles. The Bertz CT molecular complexity index is 549. The van der Waals surface area contributed by atoms with E-state index >= 15 is 0 Å². The molecule has 0 bridgehead atoms. The topological polar surface area (TPSA) is 121 Å². The summed E-state index contributed by atoms with van der Waals surface area (Å²) in [5.74, 6) is -1.11. The number of hydrogen-bond acceptors (Lipinski definition) is 5. The molecule has 1 heterocycles. The summed E-state index contributed by atoms with van der Waals surface area (Å²) in [6.07, 6.45) is 0. The number of rotatable bonds is 4. The SMILES string of the molecule is O=C(O)CNC(=O)c1ccc(-c2nn[nH]n2)cc1. The minimum atomic E-state index is -1.09. The number of nitrogens with one attached hydrogen (secondary N) is 2. The van der Waals surface area contributed by atoms with Gasteiger partial charge in [-0.1, -0.05) is 12.1 Å². The standard InChI is InChI=1S/C10H9N5O3/c16-8(17)5-11-10(18)7-3-1-6(2-4-7)9-12-14-15-13-9/h1-4H,5H2,(H,11,18)(H,16,17)(H,12,13,14,15). The third kappa shape index (κ3) is 2.67. The molecule has 0 aliphatic carbocycles. The molecule has 8 nitrogen and oxygen atoms in total. The zero-order valence-electron chi connectivity index (χ0n) is 9.12. The van der Waals surface area contributed by atoms with Gasteiger partial charge in [0.2, 0.25) is 5.82 Å². The van der Waals surface area contributed by atoms with Crippen LogP contribution in [-0.2, 0) is 4.79 Å². The summed E-state index contributed by atoms with van der Waals surface area (Å²) in [7, 11) is 0. The number of hydrogen-bond donors (Lipinski definition) is 3. The van der Waals surface area contributed by atoms with Gasteiger partial charge in [-0.15, -0.1) is 10.2 Å². The maximum absolute atomic E-state index is 11.5. The molecular formula is C10H9N5O3. The number of tetrazole rings is 1. The number of carbonyl (C=O) groups is 2. The molecular weight excluding hydrogens is 238 g/mol. The molecule has 0 aliphatic rings. The second-order valence-electron chi connectivity index (χ2n) is 3.39. The van der Waals surface area contributed by atoms with E-state index in [9.17, 15) is 9.59 Å². The van der Waals surface area contributed by atoms with Crippen LogP contribution in [0.1, 0.15) is 10.4 Å². The fourth-order valence-electron chi connectivity index (χ4n) is 1.31. The maximum Gasteiger partial charge on any atom is 0.322 e. The van der Waals surface area contributed by atoms with Crippen LogP contribution < -0.4 is 5.32 Å². The monoisotopic (exact) mass is 247 g/mol. The molecule has 0 spiro atoms. The van der Waals surface area contributed by atoms with Crippen LogP contribution in [0.5, 0.6) is 0 Å². The van der Waals surface area contributed by atoms with Crippen LogP contribution in [0.2, 0.25) is 0 Å². The molecule has 0 saturated heterocycles. The molecule has 1 amide bonds. The number of benzene rings is 1. The van der Waals surface area contributed by atoms with Crippen LogP contribution in [0.25, 0.3) is 11.4 Å². The van der Waals surface area contributed by atoms with Gasteiger partial charge in [0, 0.05) is 11.1 Å². The average Bonchev–Trinajstić information content (AvgIpc) is 2.90. The van der Waals surface area contributed by atoms with E-state index < -0.39 is 18.4 Å². The first kappa shape index (κ1) is 11.7. The van der Waals surface area contributed by atoms with E-state index in [0.717, 1.165) is 0 Å². The number of carbonyl (C=O) groups excluding carboxylic acids is 1. The molecule has 0 radical (unpaired) electrons. The lowest BCUT2D eigenvalue weighted by Gasteiger charge is -2.02. The lowest BCUT2D eigenvalue weighted by Crippen LogP contribution is -2.29. The summed E-state index contributed by atoms with van der Waals surface area (Å²) in [5.41, 5.74) is 1.07. The molecule has 18 heavy (non-hydrogen) atoms. The van der Waals surface area contributed by atoms with Crippen LogP contribution >= 0.6 is 0 Å². The lowest BCUT2D eigenvalue weighted by atomic mass is 10.1. The minimum absolute atomic E-state index is 0.364. The van der Waals surface area contributed by atoms with Gasteiger partial charge in [-0.05, 0) is 17.3 Å². The predicted octanol–water partition coefficient (Wildman–Crippen LogP) is -0.319. The first-order valence-electron chi connectivity index (χ1n) is 5.00. The first-order valence-corrected chi connectivity index (χ1v) is 5.00. The lowest BCUT2D eigenvalue weighted by molar-refractivity contribution is -0.135.